The molecule has 1 aromatic carbocycles. The van der Waals surface area contributed by atoms with Crippen LogP contribution in [0.15, 0.2) is 30.3 Å². The van der Waals surface area contributed by atoms with Crippen molar-refractivity contribution in [3.05, 3.63) is 41.0 Å². The summed E-state index contributed by atoms with van der Waals surface area (Å²) in [6, 6.07) is 8.71. The maximum absolute atomic E-state index is 12.9. The molecule has 0 atom stereocenters. The van der Waals surface area contributed by atoms with Gasteiger partial charge in [-0.15, -0.1) is 0 Å². The van der Waals surface area contributed by atoms with E-state index in [1.54, 1.807) is 34.8 Å². The number of likely N-dealkylation sites (N-methyl/N-ethyl adjacent to an activating group) is 1. The van der Waals surface area contributed by atoms with E-state index in [4.69, 9.17) is 11.6 Å². The number of hydrogen-bond donors (Lipinski definition) is 1. The lowest BCUT2D eigenvalue weighted by molar-refractivity contribution is -0.131. The third-order valence-electron chi connectivity index (χ3n) is 5.51. The summed E-state index contributed by atoms with van der Waals surface area (Å²) in [6.45, 7) is 0.761. The molecular weight excluding hydrogens is 382 g/mol. The Labute approximate surface area is 167 Å². The van der Waals surface area contributed by atoms with E-state index in [9.17, 15) is 14.4 Å². The molecule has 2 aliphatic heterocycles. The molecule has 146 valence electrons. The number of nitrogens with one attached hydrogen (secondary N) is 1. The highest BCUT2D eigenvalue weighted by molar-refractivity contribution is 6.30. The molecule has 4 rings (SSSR count). The molecule has 28 heavy (non-hydrogen) atoms. The molecule has 2 fully saturated rings. The first kappa shape index (κ1) is 18.5. The second-order valence-electron chi connectivity index (χ2n) is 7.21. The van der Waals surface area contributed by atoms with Gasteiger partial charge in [0.15, 0.2) is 5.69 Å². The Bertz CT molecular complexity index is 960. The number of amides is 4. The standard InChI is InChI=1S/C19H20ClN5O3/c1-23-17(27)19(21-18(23)28)7-9-25(10-8-19)16(26)14-11-15(24(2)22-14)12-3-5-13(20)6-4-12/h3-6,11H,7-10H2,1-2H3,(H,21,28). The summed E-state index contributed by atoms with van der Waals surface area (Å²) >= 11 is 5.94. The van der Waals surface area contributed by atoms with E-state index in [1.165, 1.54) is 7.05 Å². The van der Waals surface area contributed by atoms with Crippen molar-refractivity contribution in [2.75, 3.05) is 20.1 Å². The molecule has 1 N–H and O–H groups in total. The summed E-state index contributed by atoms with van der Waals surface area (Å²) < 4.78 is 1.66. The lowest BCUT2D eigenvalue weighted by atomic mass is 9.87. The van der Waals surface area contributed by atoms with E-state index in [1.807, 2.05) is 12.1 Å². The second kappa shape index (κ2) is 6.63. The average molecular weight is 402 g/mol. The van der Waals surface area contributed by atoms with Crippen LogP contribution in [0.1, 0.15) is 23.3 Å². The predicted molar refractivity (Wildman–Crippen MR) is 103 cm³/mol. The zero-order valence-electron chi connectivity index (χ0n) is 15.6. The van der Waals surface area contributed by atoms with Gasteiger partial charge >= 0.3 is 6.03 Å². The maximum Gasteiger partial charge on any atom is 0.324 e. The van der Waals surface area contributed by atoms with E-state index in [0.717, 1.165) is 16.2 Å². The highest BCUT2D eigenvalue weighted by Gasteiger charge is 2.51. The van der Waals surface area contributed by atoms with Crippen molar-refractivity contribution in [1.82, 2.24) is 24.9 Å². The third-order valence-corrected chi connectivity index (χ3v) is 5.76. The van der Waals surface area contributed by atoms with Gasteiger partial charge in [-0.3, -0.25) is 19.2 Å². The summed E-state index contributed by atoms with van der Waals surface area (Å²) in [5, 5.41) is 7.78. The fourth-order valence-electron chi connectivity index (χ4n) is 3.81. The average Bonchev–Trinajstić information content (AvgIpc) is 3.17. The molecule has 4 amide bonds. The van der Waals surface area contributed by atoms with Crippen LogP contribution in [0.3, 0.4) is 0 Å². The summed E-state index contributed by atoms with van der Waals surface area (Å²) in [6.07, 6.45) is 0.787. The minimum Gasteiger partial charge on any atom is -0.337 e. The maximum atomic E-state index is 12.9. The lowest BCUT2D eigenvalue weighted by Gasteiger charge is -2.36. The van der Waals surface area contributed by atoms with Crippen molar-refractivity contribution < 1.29 is 14.4 Å². The summed E-state index contributed by atoms with van der Waals surface area (Å²) in [5.41, 5.74) is 1.19. The van der Waals surface area contributed by atoms with Crippen molar-refractivity contribution in [1.29, 1.82) is 0 Å². The molecule has 3 heterocycles. The quantitative estimate of drug-likeness (QED) is 0.778. The van der Waals surface area contributed by atoms with Crippen LogP contribution >= 0.6 is 11.6 Å². The number of imide groups is 1. The van der Waals surface area contributed by atoms with Gasteiger partial charge in [-0.25, -0.2) is 4.79 Å². The van der Waals surface area contributed by atoms with Gasteiger partial charge in [0.2, 0.25) is 0 Å². The van der Waals surface area contributed by atoms with Gasteiger partial charge in [0.25, 0.3) is 11.8 Å². The zero-order valence-corrected chi connectivity index (χ0v) is 16.4. The summed E-state index contributed by atoms with van der Waals surface area (Å²) in [4.78, 5) is 39.9. The predicted octanol–water partition coefficient (Wildman–Crippen LogP) is 1.90. The topological polar surface area (TPSA) is 87.5 Å². The number of nitrogens with zero attached hydrogens (tertiary/aromatic N) is 4. The normalized spacial score (nSPS) is 18.7. The molecular formula is C19H20ClN5O3. The monoisotopic (exact) mass is 401 g/mol. The van der Waals surface area contributed by atoms with Crippen molar-refractivity contribution >= 4 is 29.4 Å². The first-order valence-electron chi connectivity index (χ1n) is 9.00. The highest BCUT2D eigenvalue weighted by Crippen LogP contribution is 2.30. The van der Waals surface area contributed by atoms with Crippen molar-refractivity contribution in [3.8, 4) is 11.3 Å². The van der Waals surface area contributed by atoms with Crippen LogP contribution in [-0.2, 0) is 11.8 Å². The van der Waals surface area contributed by atoms with Crippen molar-refractivity contribution in [2.45, 2.75) is 18.4 Å². The summed E-state index contributed by atoms with van der Waals surface area (Å²) in [7, 11) is 3.25. The number of hydrogen-bond acceptors (Lipinski definition) is 4. The fraction of sp³-hybridized carbons (Fsp3) is 0.368. The van der Waals surface area contributed by atoms with Crippen LogP contribution in [0.4, 0.5) is 4.79 Å². The van der Waals surface area contributed by atoms with Gasteiger partial charge in [-0.2, -0.15) is 5.10 Å². The SMILES string of the molecule is CN1C(=O)NC2(CCN(C(=O)c3cc(-c4ccc(Cl)cc4)n(C)n3)CC2)C1=O. The summed E-state index contributed by atoms with van der Waals surface area (Å²) in [5.74, 6) is -0.414. The van der Waals surface area contributed by atoms with E-state index < -0.39 is 5.54 Å². The van der Waals surface area contributed by atoms with Gasteiger partial charge < -0.3 is 10.2 Å². The lowest BCUT2D eigenvalue weighted by Crippen LogP contribution is -2.55. The largest absolute Gasteiger partial charge is 0.337 e. The molecule has 0 aliphatic carbocycles. The molecule has 0 unspecified atom stereocenters. The molecule has 9 heteroatoms. The molecule has 8 nitrogen and oxygen atoms in total. The Morgan fingerprint density at radius 1 is 1.14 bits per heavy atom. The molecule has 2 aromatic rings. The van der Waals surface area contributed by atoms with Crippen LogP contribution in [0.2, 0.25) is 5.02 Å². The number of rotatable bonds is 2. The van der Waals surface area contributed by atoms with Crippen LogP contribution in [0.5, 0.6) is 0 Å². The Morgan fingerprint density at radius 3 is 2.36 bits per heavy atom. The molecule has 2 saturated heterocycles. The number of carbonyl (C=O) groups is 3. The molecule has 0 saturated carbocycles. The van der Waals surface area contributed by atoms with Gasteiger partial charge in [0, 0.05) is 32.2 Å². The van der Waals surface area contributed by atoms with Gasteiger partial charge in [0.1, 0.15) is 5.54 Å². The van der Waals surface area contributed by atoms with Gasteiger partial charge in [-0.1, -0.05) is 23.7 Å². The number of aryl methyl sites for hydroxylation is 1. The van der Waals surface area contributed by atoms with Crippen molar-refractivity contribution in [2.24, 2.45) is 7.05 Å². The second-order valence-corrected chi connectivity index (χ2v) is 7.65. The van der Waals surface area contributed by atoms with Crippen molar-refractivity contribution in [3.63, 3.8) is 0 Å². The number of aromatic nitrogens is 2. The van der Waals surface area contributed by atoms with E-state index in [0.29, 0.717) is 36.6 Å². The molecule has 1 aromatic heterocycles. The minimum absolute atomic E-state index is 0.184. The Hall–Kier alpha value is -2.87. The number of likely N-dealkylation sites (tertiary alicyclic amines) is 1. The molecule has 1 spiro atoms. The Morgan fingerprint density at radius 2 is 1.79 bits per heavy atom. The molecule has 2 aliphatic rings. The van der Waals surface area contributed by atoms with Gasteiger partial charge in [-0.05, 0) is 36.6 Å². The van der Waals surface area contributed by atoms with E-state index >= 15 is 0 Å². The van der Waals surface area contributed by atoms with Gasteiger partial charge in [0.05, 0.1) is 5.69 Å². The number of urea groups is 1. The van der Waals surface area contributed by atoms with Crippen LogP contribution < -0.4 is 5.32 Å². The zero-order chi connectivity index (χ0) is 20.1. The third kappa shape index (κ3) is 2.93. The molecule has 0 radical (unpaired) electrons. The first-order valence-corrected chi connectivity index (χ1v) is 9.38. The Kier molecular flexibility index (Phi) is 4.38. The number of piperidine rings is 1. The van der Waals surface area contributed by atoms with E-state index in [-0.39, 0.29) is 17.8 Å². The minimum atomic E-state index is -0.888. The number of halogens is 1. The van der Waals surface area contributed by atoms with Crippen LogP contribution in [0.25, 0.3) is 11.3 Å². The molecule has 0 bridgehead atoms. The highest BCUT2D eigenvalue weighted by atomic mass is 35.5. The number of benzene rings is 1. The van der Waals surface area contributed by atoms with E-state index in [2.05, 4.69) is 10.4 Å². The Balaban J connectivity index is 1.49. The first-order chi connectivity index (χ1) is 13.3. The fourth-order valence-corrected chi connectivity index (χ4v) is 3.94. The van der Waals surface area contributed by atoms with Crippen LogP contribution in [-0.4, -0.2) is 63.1 Å². The number of carbonyl (C=O) groups excluding carboxylic acids is 3. The smallest absolute Gasteiger partial charge is 0.324 e. The van der Waals surface area contributed by atoms with Crippen LogP contribution in [0, 0.1) is 0 Å².